The SMILES string of the molecule is Cc1ccnc2c1COC(=O)N2. The number of amides is 1. The molecule has 12 heavy (non-hydrogen) atoms. The van der Waals surface area contributed by atoms with E-state index in [1.165, 1.54) is 0 Å². The number of aryl methyl sites for hydroxylation is 1. The molecule has 0 radical (unpaired) electrons. The van der Waals surface area contributed by atoms with E-state index in [4.69, 9.17) is 4.74 Å². The number of hydrogen-bond donors (Lipinski definition) is 1. The minimum atomic E-state index is -0.430. The molecule has 1 N–H and O–H groups in total. The summed E-state index contributed by atoms with van der Waals surface area (Å²) in [4.78, 5) is 14.8. The van der Waals surface area contributed by atoms with Crippen molar-refractivity contribution in [2.75, 3.05) is 5.32 Å². The maximum atomic E-state index is 10.8. The summed E-state index contributed by atoms with van der Waals surface area (Å²) < 4.78 is 4.80. The quantitative estimate of drug-likeness (QED) is 0.631. The maximum absolute atomic E-state index is 10.8. The van der Waals surface area contributed by atoms with Gasteiger partial charge in [-0.2, -0.15) is 0 Å². The van der Waals surface area contributed by atoms with Crippen molar-refractivity contribution in [1.82, 2.24) is 4.98 Å². The average molecular weight is 164 g/mol. The highest BCUT2D eigenvalue weighted by molar-refractivity contribution is 5.86. The third kappa shape index (κ3) is 1.01. The van der Waals surface area contributed by atoms with Gasteiger partial charge >= 0.3 is 6.09 Å². The van der Waals surface area contributed by atoms with Crippen LogP contribution in [0.5, 0.6) is 0 Å². The van der Waals surface area contributed by atoms with E-state index in [1.807, 2.05) is 13.0 Å². The zero-order valence-corrected chi connectivity index (χ0v) is 6.63. The molecule has 4 heteroatoms. The van der Waals surface area contributed by atoms with Crippen LogP contribution in [0, 0.1) is 6.92 Å². The molecule has 4 nitrogen and oxygen atoms in total. The molecule has 1 aliphatic heterocycles. The lowest BCUT2D eigenvalue weighted by Crippen LogP contribution is -2.21. The fourth-order valence-electron chi connectivity index (χ4n) is 1.15. The molecule has 0 aromatic carbocycles. The Labute approximate surface area is 69.6 Å². The first-order valence-corrected chi connectivity index (χ1v) is 3.65. The predicted octanol–water partition coefficient (Wildman–Crippen LogP) is 1.45. The summed E-state index contributed by atoms with van der Waals surface area (Å²) in [5.41, 5.74) is 2.04. The summed E-state index contributed by atoms with van der Waals surface area (Å²) in [5.74, 6) is 0.617. The van der Waals surface area contributed by atoms with Crippen LogP contribution in [0.4, 0.5) is 10.6 Å². The molecule has 0 atom stereocenters. The van der Waals surface area contributed by atoms with Crippen LogP contribution in [0.15, 0.2) is 12.3 Å². The van der Waals surface area contributed by atoms with Crippen LogP contribution >= 0.6 is 0 Å². The van der Waals surface area contributed by atoms with Gasteiger partial charge in [0.05, 0.1) is 0 Å². The number of pyridine rings is 1. The Bertz CT molecular complexity index is 336. The first kappa shape index (κ1) is 7.09. The highest BCUT2D eigenvalue weighted by Gasteiger charge is 2.17. The van der Waals surface area contributed by atoms with Gasteiger partial charge in [0, 0.05) is 11.8 Å². The lowest BCUT2D eigenvalue weighted by molar-refractivity contribution is 0.150. The first-order chi connectivity index (χ1) is 5.77. The monoisotopic (exact) mass is 164 g/mol. The number of nitrogens with one attached hydrogen (secondary N) is 1. The predicted molar refractivity (Wildman–Crippen MR) is 42.8 cm³/mol. The van der Waals surface area contributed by atoms with Gasteiger partial charge in [-0.05, 0) is 18.6 Å². The summed E-state index contributed by atoms with van der Waals surface area (Å²) in [6.07, 6.45) is 1.24. The number of rotatable bonds is 0. The lowest BCUT2D eigenvalue weighted by atomic mass is 10.1. The normalized spacial score (nSPS) is 14.6. The van der Waals surface area contributed by atoms with Crippen molar-refractivity contribution in [2.45, 2.75) is 13.5 Å². The van der Waals surface area contributed by atoms with Crippen LogP contribution < -0.4 is 5.32 Å². The largest absolute Gasteiger partial charge is 0.444 e. The van der Waals surface area contributed by atoms with E-state index in [0.29, 0.717) is 12.4 Å². The number of cyclic esters (lactones) is 1. The van der Waals surface area contributed by atoms with E-state index >= 15 is 0 Å². The number of ether oxygens (including phenoxy) is 1. The minimum Gasteiger partial charge on any atom is -0.444 e. The van der Waals surface area contributed by atoms with Gasteiger partial charge in [-0.3, -0.25) is 5.32 Å². The molecular formula is C8H8N2O2. The third-order valence-electron chi connectivity index (χ3n) is 1.86. The van der Waals surface area contributed by atoms with E-state index in [2.05, 4.69) is 10.3 Å². The van der Waals surface area contributed by atoms with Crippen molar-refractivity contribution in [3.05, 3.63) is 23.4 Å². The molecule has 0 saturated heterocycles. The first-order valence-electron chi connectivity index (χ1n) is 3.65. The molecule has 1 aliphatic rings. The number of carbonyl (C=O) groups excluding carboxylic acids is 1. The Balaban J connectivity index is 2.48. The van der Waals surface area contributed by atoms with Crippen molar-refractivity contribution >= 4 is 11.9 Å². The Morgan fingerprint density at radius 2 is 2.50 bits per heavy atom. The number of fused-ring (bicyclic) bond motifs is 1. The molecule has 2 heterocycles. The van der Waals surface area contributed by atoms with Crippen molar-refractivity contribution in [3.8, 4) is 0 Å². The van der Waals surface area contributed by atoms with Gasteiger partial charge < -0.3 is 4.74 Å². The van der Waals surface area contributed by atoms with E-state index < -0.39 is 6.09 Å². The number of nitrogens with zero attached hydrogens (tertiary/aromatic N) is 1. The Morgan fingerprint density at radius 1 is 1.67 bits per heavy atom. The minimum absolute atomic E-state index is 0.320. The summed E-state index contributed by atoms with van der Waals surface area (Å²) in [7, 11) is 0. The molecule has 1 aromatic heterocycles. The molecule has 0 spiro atoms. The van der Waals surface area contributed by atoms with Gasteiger partial charge in [0.15, 0.2) is 0 Å². The van der Waals surface area contributed by atoms with E-state index in [1.54, 1.807) is 6.20 Å². The van der Waals surface area contributed by atoms with Crippen LogP contribution in [-0.2, 0) is 11.3 Å². The molecular weight excluding hydrogens is 156 g/mol. The van der Waals surface area contributed by atoms with Crippen molar-refractivity contribution < 1.29 is 9.53 Å². The van der Waals surface area contributed by atoms with Crippen LogP contribution in [0.25, 0.3) is 0 Å². The van der Waals surface area contributed by atoms with E-state index in [-0.39, 0.29) is 0 Å². The Hall–Kier alpha value is -1.58. The van der Waals surface area contributed by atoms with Gasteiger partial charge in [-0.25, -0.2) is 9.78 Å². The number of aromatic nitrogens is 1. The molecule has 62 valence electrons. The zero-order chi connectivity index (χ0) is 8.55. The van der Waals surface area contributed by atoms with Crippen LogP contribution in [0.2, 0.25) is 0 Å². The van der Waals surface area contributed by atoms with Crippen molar-refractivity contribution in [2.24, 2.45) is 0 Å². The summed E-state index contributed by atoms with van der Waals surface area (Å²) in [5, 5.41) is 2.53. The third-order valence-corrected chi connectivity index (χ3v) is 1.86. The second-order valence-corrected chi connectivity index (χ2v) is 2.66. The summed E-state index contributed by atoms with van der Waals surface area (Å²) >= 11 is 0. The highest BCUT2D eigenvalue weighted by Crippen LogP contribution is 2.21. The summed E-state index contributed by atoms with van der Waals surface area (Å²) in [6, 6.07) is 1.89. The smallest absolute Gasteiger partial charge is 0.413 e. The second kappa shape index (κ2) is 2.48. The van der Waals surface area contributed by atoms with Crippen molar-refractivity contribution in [1.29, 1.82) is 0 Å². The van der Waals surface area contributed by atoms with Crippen LogP contribution in [-0.4, -0.2) is 11.1 Å². The van der Waals surface area contributed by atoms with E-state index in [0.717, 1.165) is 11.1 Å². The molecule has 0 bridgehead atoms. The van der Waals surface area contributed by atoms with Gasteiger partial charge in [0.2, 0.25) is 0 Å². The Morgan fingerprint density at radius 3 is 3.33 bits per heavy atom. The van der Waals surface area contributed by atoms with Crippen molar-refractivity contribution in [3.63, 3.8) is 0 Å². The Kier molecular flexibility index (Phi) is 1.46. The molecule has 0 saturated carbocycles. The lowest BCUT2D eigenvalue weighted by Gasteiger charge is -2.17. The highest BCUT2D eigenvalue weighted by atomic mass is 16.5. The van der Waals surface area contributed by atoms with E-state index in [9.17, 15) is 4.79 Å². The topological polar surface area (TPSA) is 51.2 Å². The van der Waals surface area contributed by atoms with Gasteiger partial charge in [-0.1, -0.05) is 0 Å². The zero-order valence-electron chi connectivity index (χ0n) is 6.63. The number of anilines is 1. The maximum Gasteiger partial charge on any atom is 0.413 e. The summed E-state index contributed by atoms with van der Waals surface area (Å²) in [6.45, 7) is 2.28. The number of carbonyl (C=O) groups is 1. The average Bonchev–Trinajstić information content (AvgIpc) is 2.04. The molecule has 0 fully saturated rings. The van der Waals surface area contributed by atoms with Crippen LogP contribution in [0.1, 0.15) is 11.1 Å². The van der Waals surface area contributed by atoms with Crippen LogP contribution in [0.3, 0.4) is 0 Å². The van der Waals surface area contributed by atoms with Gasteiger partial charge in [-0.15, -0.1) is 0 Å². The molecule has 2 rings (SSSR count). The standard InChI is InChI=1S/C8H8N2O2/c1-5-2-3-9-7-6(5)4-12-8(11)10-7/h2-3H,4H2,1H3,(H,9,10,11). The molecule has 0 unspecified atom stereocenters. The fraction of sp³-hybridized carbons (Fsp3) is 0.250. The van der Waals surface area contributed by atoms with Gasteiger partial charge in [0.25, 0.3) is 0 Å². The number of hydrogen-bond acceptors (Lipinski definition) is 3. The molecule has 1 aromatic rings. The molecule has 0 aliphatic carbocycles. The van der Waals surface area contributed by atoms with Gasteiger partial charge in [0.1, 0.15) is 12.4 Å². The fourth-order valence-corrected chi connectivity index (χ4v) is 1.15. The second-order valence-electron chi connectivity index (χ2n) is 2.66. The molecule has 1 amide bonds.